The fourth-order valence-corrected chi connectivity index (χ4v) is 4.07. The molecule has 0 radical (unpaired) electrons. The van der Waals surface area contributed by atoms with Gasteiger partial charge in [-0.25, -0.2) is 0 Å². The predicted molar refractivity (Wildman–Crippen MR) is 86.9 cm³/mol. The Labute approximate surface area is 129 Å². The summed E-state index contributed by atoms with van der Waals surface area (Å²) in [7, 11) is 0. The molecular formula is C18H17NOS. The van der Waals surface area contributed by atoms with Gasteiger partial charge in [0.1, 0.15) is 0 Å². The van der Waals surface area contributed by atoms with Gasteiger partial charge in [-0.1, -0.05) is 29.8 Å². The van der Waals surface area contributed by atoms with E-state index in [1.54, 1.807) is 0 Å². The molecule has 1 atom stereocenters. The number of ketones is 1. The summed E-state index contributed by atoms with van der Waals surface area (Å²) in [5.74, 6) is -0.0676. The zero-order chi connectivity index (χ0) is 15.1. The lowest BCUT2D eigenvalue weighted by atomic mass is 9.88. The van der Waals surface area contributed by atoms with Crippen LogP contribution in [0.4, 0.5) is 0 Å². The molecule has 2 aliphatic rings. The fraction of sp³-hybridized carbons (Fsp3) is 0.278. The summed E-state index contributed by atoms with van der Waals surface area (Å²) in [6, 6.07) is 9.99. The minimum absolute atomic E-state index is 0.0676. The molecule has 4 rings (SSSR count). The first kappa shape index (κ1) is 11.9. The quantitative estimate of drug-likeness (QED) is 0.803. The summed E-state index contributed by atoms with van der Waals surface area (Å²) < 4.78 is 8.40. The SMILES string of the molecule is [2H]C1C(=O)c2sccc2C(=C2CCNCC2)c2ccccc21. The molecular weight excluding hydrogens is 278 g/mol. The maximum absolute atomic E-state index is 12.7. The van der Waals surface area contributed by atoms with Gasteiger partial charge in [0.2, 0.25) is 0 Å². The number of hydrogen-bond donors (Lipinski definition) is 1. The zero-order valence-electron chi connectivity index (χ0n) is 12.7. The van der Waals surface area contributed by atoms with E-state index in [9.17, 15) is 4.79 Å². The molecule has 1 N–H and O–H groups in total. The van der Waals surface area contributed by atoms with Gasteiger partial charge in [-0.15, -0.1) is 11.3 Å². The third-order valence-corrected chi connectivity index (χ3v) is 5.16. The van der Waals surface area contributed by atoms with Crippen LogP contribution in [0.25, 0.3) is 5.57 Å². The third kappa shape index (κ3) is 2.17. The van der Waals surface area contributed by atoms with Crippen LogP contribution in [0.1, 0.15) is 40.6 Å². The first-order valence-electron chi connectivity index (χ1n) is 7.91. The second-order valence-corrected chi connectivity index (χ2v) is 6.40. The van der Waals surface area contributed by atoms with Gasteiger partial charge < -0.3 is 5.32 Å². The lowest BCUT2D eigenvalue weighted by Crippen LogP contribution is -2.24. The largest absolute Gasteiger partial charge is 0.316 e. The Kier molecular flexibility index (Phi) is 2.97. The third-order valence-electron chi connectivity index (χ3n) is 4.24. The van der Waals surface area contributed by atoms with Crippen LogP contribution < -0.4 is 5.32 Å². The number of rotatable bonds is 0. The maximum Gasteiger partial charge on any atom is 0.177 e. The monoisotopic (exact) mass is 296 g/mol. The van der Waals surface area contributed by atoms with Crippen molar-refractivity contribution in [3.8, 4) is 0 Å². The topological polar surface area (TPSA) is 29.1 Å². The van der Waals surface area contributed by atoms with Crippen LogP contribution in [-0.2, 0) is 6.40 Å². The molecule has 0 spiro atoms. The van der Waals surface area contributed by atoms with Crippen LogP contribution in [0.15, 0.2) is 41.3 Å². The van der Waals surface area contributed by atoms with E-state index in [1.165, 1.54) is 22.5 Å². The molecule has 106 valence electrons. The molecule has 1 aromatic carbocycles. The molecule has 2 heterocycles. The van der Waals surface area contributed by atoms with Crippen LogP contribution in [0.3, 0.4) is 0 Å². The van der Waals surface area contributed by atoms with Crippen LogP contribution in [0.2, 0.25) is 0 Å². The Hall–Kier alpha value is -1.71. The van der Waals surface area contributed by atoms with E-state index in [0.717, 1.165) is 47.5 Å². The van der Waals surface area contributed by atoms with Crippen molar-refractivity contribution in [2.24, 2.45) is 0 Å². The van der Waals surface area contributed by atoms with E-state index in [0.29, 0.717) is 0 Å². The molecule has 1 saturated heterocycles. The highest BCUT2D eigenvalue weighted by molar-refractivity contribution is 7.12. The molecule has 1 aliphatic carbocycles. The molecule has 1 aliphatic heterocycles. The Balaban J connectivity index is 2.04. The predicted octanol–water partition coefficient (Wildman–Crippen LogP) is 3.67. The molecule has 0 amide bonds. The average molecular weight is 296 g/mol. The zero-order valence-corrected chi connectivity index (χ0v) is 12.5. The molecule has 1 aromatic heterocycles. The van der Waals surface area contributed by atoms with Crippen molar-refractivity contribution >= 4 is 22.7 Å². The van der Waals surface area contributed by atoms with Crippen LogP contribution in [-0.4, -0.2) is 18.9 Å². The van der Waals surface area contributed by atoms with Gasteiger partial charge >= 0.3 is 0 Å². The summed E-state index contributed by atoms with van der Waals surface area (Å²) in [5.41, 5.74) is 5.57. The van der Waals surface area contributed by atoms with Gasteiger partial charge in [-0.3, -0.25) is 4.79 Å². The number of nitrogens with one attached hydrogen (secondary N) is 1. The molecule has 1 fully saturated rings. The minimum Gasteiger partial charge on any atom is -0.316 e. The standard InChI is InChI=1S/C18H17NOS/c20-16-11-13-3-1-2-4-14(13)17(12-5-8-19-9-6-12)15-7-10-21-18(15)16/h1-4,7,10,19H,5-6,8-9,11H2/i11D. The number of fused-ring (bicyclic) bond motifs is 2. The molecule has 3 heteroatoms. The van der Waals surface area contributed by atoms with Crippen molar-refractivity contribution < 1.29 is 6.17 Å². The summed E-state index contributed by atoms with van der Waals surface area (Å²) in [5, 5.41) is 5.37. The summed E-state index contributed by atoms with van der Waals surface area (Å²) in [4.78, 5) is 13.4. The second kappa shape index (κ2) is 5.24. The lowest BCUT2D eigenvalue weighted by molar-refractivity contribution is 0.0997. The first-order valence-corrected chi connectivity index (χ1v) is 8.21. The lowest BCUT2D eigenvalue weighted by Gasteiger charge is -2.21. The number of hydrogen-bond acceptors (Lipinski definition) is 3. The first-order chi connectivity index (χ1) is 10.8. The highest BCUT2D eigenvalue weighted by Crippen LogP contribution is 2.39. The van der Waals surface area contributed by atoms with Crippen molar-refractivity contribution in [1.29, 1.82) is 0 Å². The average Bonchev–Trinajstić information content (AvgIpc) is 3.01. The van der Waals surface area contributed by atoms with E-state index in [1.807, 2.05) is 23.6 Å². The molecule has 2 aromatic rings. The van der Waals surface area contributed by atoms with E-state index in [-0.39, 0.29) is 5.78 Å². The smallest absolute Gasteiger partial charge is 0.177 e. The Morgan fingerprint density at radius 1 is 1.10 bits per heavy atom. The molecule has 1 unspecified atom stereocenters. The van der Waals surface area contributed by atoms with Crippen molar-refractivity contribution in [3.63, 3.8) is 0 Å². The number of piperidine rings is 1. The number of thiophene rings is 1. The van der Waals surface area contributed by atoms with Crippen molar-refractivity contribution in [2.45, 2.75) is 19.2 Å². The van der Waals surface area contributed by atoms with Crippen molar-refractivity contribution in [1.82, 2.24) is 5.32 Å². The van der Waals surface area contributed by atoms with Crippen molar-refractivity contribution in [3.05, 3.63) is 62.9 Å². The van der Waals surface area contributed by atoms with E-state index >= 15 is 0 Å². The van der Waals surface area contributed by atoms with Crippen LogP contribution >= 0.6 is 11.3 Å². The Morgan fingerprint density at radius 3 is 2.76 bits per heavy atom. The molecule has 0 bridgehead atoms. The number of Topliss-reactive ketones (excluding diaryl/α,β-unsaturated/α-hetero) is 1. The summed E-state index contributed by atoms with van der Waals surface area (Å²) in [6.45, 7) is 1.97. The second-order valence-electron chi connectivity index (χ2n) is 5.49. The molecule has 21 heavy (non-hydrogen) atoms. The van der Waals surface area contributed by atoms with Crippen LogP contribution in [0.5, 0.6) is 0 Å². The number of benzene rings is 1. The van der Waals surface area contributed by atoms with Crippen molar-refractivity contribution in [2.75, 3.05) is 13.1 Å². The van der Waals surface area contributed by atoms with Gasteiger partial charge in [0, 0.05) is 13.3 Å². The van der Waals surface area contributed by atoms with Gasteiger partial charge in [0.05, 0.1) is 4.88 Å². The Morgan fingerprint density at radius 2 is 1.90 bits per heavy atom. The van der Waals surface area contributed by atoms with E-state index in [4.69, 9.17) is 1.37 Å². The van der Waals surface area contributed by atoms with E-state index in [2.05, 4.69) is 17.4 Å². The summed E-state index contributed by atoms with van der Waals surface area (Å²) >= 11 is 1.47. The van der Waals surface area contributed by atoms with Gasteiger partial charge in [0.15, 0.2) is 5.78 Å². The Bertz CT molecular complexity index is 769. The fourth-order valence-electron chi connectivity index (χ4n) is 3.26. The highest BCUT2D eigenvalue weighted by atomic mass is 32.1. The minimum atomic E-state index is -0.812. The number of carbonyl (C=O) groups excluding carboxylic acids is 1. The molecule has 2 nitrogen and oxygen atoms in total. The van der Waals surface area contributed by atoms with Crippen LogP contribution in [0, 0.1) is 0 Å². The van der Waals surface area contributed by atoms with Gasteiger partial charge in [0.25, 0.3) is 0 Å². The normalized spacial score (nSPS) is 22.4. The van der Waals surface area contributed by atoms with Gasteiger partial charge in [-0.05, 0) is 54.1 Å². The molecule has 0 saturated carbocycles. The highest BCUT2D eigenvalue weighted by Gasteiger charge is 2.26. The van der Waals surface area contributed by atoms with Gasteiger partial charge in [-0.2, -0.15) is 0 Å². The van der Waals surface area contributed by atoms with E-state index < -0.39 is 6.40 Å². The maximum atomic E-state index is 12.7. The number of carbonyl (C=O) groups is 1. The summed E-state index contributed by atoms with van der Waals surface area (Å²) in [6.07, 6.45) is 1.21.